The molecule has 0 radical (unpaired) electrons. The summed E-state index contributed by atoms with van der Waals surface area (Å²) >= 11 is 0. The Morgan fingerprint density at radius 1 is 1.07 bits per heavy atom. The van der Waals surface area contributed by atoms with Gasteiger partial charge in [0.25, 0.3) is 0 Å². The first kappa shape index (κ1) is 22.1. The van der Waals surface area contributed by atoms with Crippen molar-refractivity contribution in [1.82, 2.24) is 5.32 Å². The summed E-state index contributed by atoms with van der Waals surface area (Å²) in [5.41, 5.74) is 0. The number of nitrogens with one attached hydrogen (secondary N) is 1. The predicted molar refractivity (Wildman–Crippen MR) is 105 cm³/mol. The molecule has 5 heteroatoms. The zero-order valence-corrected chi connectivity index (χ0v) is 17.0. The van der Waals surface area contributed by atoms with Crippen LogP contribution in [0.3, 0.4) is 0 Å². The summed E-state index contributed by atoms with van der Waals surface area (Å²) in [5, 5.41) is 2.83. The van der Waals surface area contributed by atoms with Crippen LogP contribution in [0.2, 0.25) is 0 Å². The quantitative estimate of drug-likeness (QED) is 0.462. The van der Waals surface area contributed by atoms with Gasteiger partial charge in [-0.05, 0) is 38.0 Å². The number of rotatable bonds is 10. The molecule has 2 atom stereocenters. The van der Waals surface area contributed by atoms with E-state index < -0.39 is 5.92 Å². The second-order valence-electron chi connectivity index (χ2n) is 8.19. The smallest absolute Gasteiger partial charge is 0.220 e. The van der Waals surface area contributed by atoms with Crippen LogP contribution in [-0.4, -0.2) is 37.2 Å². The zero-order valence-electron chi connectivity index (χ0n) is 17.0. The van der Waals surface area contributed by atoms with Gasteiger partial charge in [0.2, 0.25) is 5.91 Å². The number of Topliss-reactive ketones (excluding diaryl/α,β-unsaturated/α-hetero) is 2. The van der Waals surface area contributed by atoms with Gasteiger partial charge in [0.15, 0.2) is 0 Å². The Bertz CT molecular complexity index is 483. The molecule has 0 saturated heterocycles. The van der Waals surface area contributed by atoms with E-state index >= 15 is 0 Å². The number of amides is 1. The van der Waals surface area contributed by atoms with Crippen molar-refractivity contribution in [2.75, 3.05) is 19.8 Å². The lowest BCUT2D eigenvalue weighted by atomic mass is 9.80. The van der Waals surface area contributed by atoms with Crippen molar-refractivity contribution in [3.63, 3.8) is 0 Å². The van der Waals surface area contributed by atoms with Gasteiger partial charge in [0, 0.05) is 31.9 Å². The summed E-state index contributed by atoms with van der Waals surface area (Å²) < 4.78 is 5.33. The molecule has 2 rings (SSSR count). The Morgan fingerprint density at radius 2 is 1.78 bits per heavy atom. The van der Waals surface area contributed by atoms with E-state index in [9.17, 15) is 14.4 Å². The van der Waals surface area contributed by atoms with Crippen LogP contribution in [0, 0.1) is 17.8 Å². The van der Waals surface area contributed by atoms with E-state index in [4.69, 9.17) is 4.74 Å². The molecule has 2 aliphatic rings. The Kier molecular flexibility index (Phi) is 10.0. The molecule has 1 amide bonds. The minimum atomic E-state index is -0.457. The number of carbonyl (C=O) groups excluding carboxylic acids is 3. The second-order valence-corrected chi connectivity index (χ2v) is 8.19. The molecule has 1 N–H and O–H groups in total. The Labute approximate surface area is 164 Å². The van der Waals surface area contributed by atoms with Crippen molar-refractivity contribution in [2.45, 2.75) is 84.0 Å². The third-order valence-electron chi connectivity index (χ3n) is 6.05. The van der Waals surface area contributed by atoms with Crippen molar-refractivity contribution in [3.8, 4) is 0 Å². The molecule has 0 aromatic rings. The van der Waals surface area contributed by atoms with Gasteiger partial charge in [-0.25, -0.2) is 0 Å². The minimum absolute atomic E-state index is 0.0236. The molecule has 0 aliphatic heterocycles. The normalized spacial score (nSPS) is 24.6. The van der Waals surface area contributed by atoms with Gasteiger partial charge in [0.1, 0.15) is 11.6 Å². The molecule has 27 heavy (non-hydrogen) atoms. The van der Waals surface area contributed by atoms with Crippen molar-refractivity contribution in [2.24, 2.45) is 17.8 Å². The molecule has 0 bridgehead atoms. The molecular weight excluding hydrogens is 342 g/mol. The lowest BCUT2D eigenvalue weighted by molar-refractivity contribution is -0.129. The molecule has 0 spiro atoms. The largest absolute Gasteiger partial charge is 0.380 e. The highest BCUT2D eigenvalue weighted by atomic mass is 16.5. The van der Waals surface area contributed by atoms with E-state index in [1.165, 1.54) is 32.1 Å². The first-order chi connectivity index (χ1) is 13.1. The summed E-state index contributed by atoms with van der Waals surface area (Å²) in [7, 11) is 0. The van der Waals surface area contributed by atoms with Crippen LogP contribution in [0.25, 0.3) is 0 Å². The van der Waals surface area contributed by atoms with Crippen LogP contribution in [-0.2, 0) is 19.1 Å². The SMILES string of the molecule is CCCOCCNC(=O)CCCC1C(=O)CC(C2CCCCCCC2)C1=O. The second kappa shape index (κ2) is 12.3. The van der Waals surface area contributed by atoms with E-state index in [0.717, 1.165) is 19.3 Å². The summed E-state index contributed by atoms with van der Waals surface area (Å²) in [6.07, 6.45) is 11.3. The summed E-state index contributed by atoms with van der Waals surface area (Å²) in [6, 6.07) is 0. The molecule has 5 nitrogen and oxygen atoms in total. The first-order valence-electron chi connectivity index (χ1n) is 11.0. The molecule has 154 valence electrons. The van der Waals surface area contributed by atoms with Crippen LogP contribution in [0.1, 0.15) is 84.0 Å². The highest BCUT2D eigenvalue weighted by Crippen LogP contribution is 2.38. The average Bonchev–Trinajstić information content (AvgIpc) is 2.89. The third kappa shape index (κ3) is 7.36. The Hall–Kier alpha value is -1.23. The number of ketones is 2. The van der Waals surface area contributed by atoms with E-state index in [-0.39, 0.29) is 23.4 Å². The van der Waals surface area contributed by atoms with Gasteiger partial charge in [-0.1, -0.05) is 39.0 Å². The standard InChI is InChI=1S/C22H37NO4/c1-2-14-27-15-13-23-21(25)12-8-11-18-20(24)16-19(22(18)26)17-9-6-4-3-5-7-10-17/h17-19H,2-16H2,1H3,(H,23,25). The topological polar surface area (TPSA) is 72.5 Å². The molecular formula is C22H37NO4. The monoisotopic (exact) mass is 379 g/mol. The number of carbonyl (C=O) groups is 3. The molecule has 0 aromatic heterocycles. The van der Waals surface area contributed by atoms with Crippen molar-refractivity contribution in [1.29, 1.82) is 0 Å². The summed E-state index contributed by atoms with van der Waals surface area (Å²) in [6.45, 7) is 3.81. The number of hydrogen-bond donors (Lipinski definition) is 1. The Balaban J connectivity index is 1.69. The highest BCUT2D eigenvalue weighted by Gasteiger charge is 2.43. The van der Waals surface area contributed by atoms with Crippen LogP contribution in [0.4, 0.5) is 0 Å². The number of hydrogen-bond acceptors (Lipinski definition) is 4. The fraction of sp³-hybridized carbons (Fsp3) is 0.864. The lowest BCUT2D eigenvalue weighted by Crippen LogP contribution is -2.27. The van der Waals surface area contributed by atoms with Crippen LogP contribution in [0.5, 0.6) is 0 Å². The van der Waals surface area contributed by atoms with E-state index in [2.05, 4.69) is 5.32 Å². The summed E-state index contributed by atoms with van der Waals surface area (Å²) in [5.74, 6) is 0.147. The van der Waals surface area contributed by atoms with Gasteiger partial charge < -0.3 is 10.1 Å². The molecule has 0 heterocycles. The fourth-order valence-corrected chi connectivity index (χ4v) is 4.53. The van der Waals surface area contributed by atoms with Gasteiger partial charge in [-0.15, -0.1) is 0 Å². The number of ether oxygens (including phenoxy) is 1. The predicted octanol–water partition coefficient (Wildman–Crippen LogP) is 3.83. The van der Waals surface area contributed by atoms with Gasteiger partial charge in [0.05, 0.1) is 12.5 Å². The van der Waals surface area contributed by atoms with Crippen molar-refractivity contribution >= 4 is 17.5 Å². The van der Waals surface area contributed by atoms with E-state index in [1.54, 1.807) is 0 Å². The van der Waals surface area contributed by atoms with Crippen LogP contribution >= 0.6 is 0 Å². The van der Waals surface area contributed by atoms with Gasteiger partial charge in [-0.2, -0.15) is 0 Å². The molecule has 2 aliphatic carbocycles. The van der Waals surface area contributed by atoms with Crippen molar-refractivity contribution < 1.29 is 19.1 Å². The maximum atomic E-state index is 12.8. The van der Waals surface area contributed by atoms with Gasteiger partial charge >= 0.3 is 0 Å². The van der Waals surface area contributed by atoms with Crippen LogP contribution in [0.15, 0.2) is 0 Å². The zero-order chi connectivity index (χ0) is 19.5. The third-order valence-corrected chi connectivity index (χ3v) is 6.05. The van der Waals surface area contributed by atoms with Gasteiger partial charge in [-0.3, -0.25) is 14.4 Å². The molecule has 2 unspecified atom stereocenters. The molecule has 2 saturated carbocycles. The lowest BCUT2D eigenvalue weighted by Gasteiger charge is -2.24. The highest BCUT2D eigenvalue weighted by molar-refractivity contribution is 6.10. The average molecular weight is 380 g/mol. The van der Waals surface area contributed by atoms with Crippen LogP contribution < -0.4 is 5.32 Å². The minimum Gasteiger partial charge on any atom is -0.380 e. The van der Waals surface area contributed by atoms with E-state index in [0.29, 0.717) is 51.4 Å². The fourth-order valence-electron chi connectivity index (χ4n) is 4.53. The maximum Gasteiger partial charge on any atom is 0.220 e. The maximum absolute atomic E-state index is 12.8. The van der Waals surface area contributed by atoms with Crippen molar-refractivity contribution in [3.05, 3.63) is 0 Å². The Morgan fingerprint density at radius 3 is 2.48 bits per heavy atom. The molecule has 0 aromatic carbocycles. The molecule has 2 fully saturated rings. The first-order valence-corrected chi connectivity index (χ1v) is 11.0. The van der Waals surface area contributed by atoms with E-state index in [1.807, 2.05) is 6.92 Å². The summed E-state index contributed by atoms with van der Waals surface area (Å²) in [4.78, 5) is 37.1.